The van der Waals surface area contributed by atoms with E-state index in [9.17, 15) is 9.59 Å². The van der Waals surface area contributed by atoms with Crippen LogP contribution in [0.4, 0.5) is 0 Å². The van der Waals surface area contributed by atoms with Crippen molar-refractivity contribution in [3.63, 3.8) is 0 Å². The Morgan fingerprint density at radius 2 is 2.33 bits per heavy atom. The quantitative estimate of drug-likeness (QED) is 0.650. The molecule has 1 saturated carbocycles. The molecule has 1 aromatic heterocycles. The molecule has 0 aliphatic heterocycles. The highest BCUT2D eigenvalue weighted by Gasteiger charge is 2.34. The van der Waals surface area contributed by atoms with Crippen molar-refractivity contribution in [2.45, 2.75) is 25.4 Å². The first kappa shape index (κ1) is 12.7. The van der Waals surface area contributed by atoms with Crippen LogP contribution in [-0.2, 0) is 4.74 Å². The van der Waals surface area contributed by atoms with Crippen LogP contribution >= 0.6 is 11.3 Å². The zero-order valence-corrected chi connectivity index (χ0v) is 10.5. The van der Waals surface area contributed by atoms with Gasteiger partial charge in [0.2, 0.25) is 5.91 Å². The van der Waals surface area contributed by atoms with Gasteiger partial charge in [0.15, 0.2) is 0 Å². The van der Waals surface area contributed by atoms with Crippen LogP contribution in [0.2, 0.25) is 0 Å². The van der Waals surface area contributed by atoms with Crippen molar-refractivity contribution in [2.75, 3.05) is 0 Å². The number of thiophene rings is 1. The van der Waals surface area contributed by atoms with Gasteiger partial charge < -0.3 is 10.5 Å². The maximum Gasteiger partial charge on any atom is 0.348 e. The van der Waals surface area contributed by atoms with Gasteiger partial charge in [-0.1, -0.05) is 0 Å². The Balaban J connectivity index is 2.01. The molecule has 1 unspecified atom stereocenters. The third-order valence-electron chi connectivity index (χ3n) is 2.81. The van der Waals surface area contributed by atoms with Gasteiger partial charge in [-0.3, -0.25) is 4.79 Å². The molecule has 1 fully saturated rings. The molecular weight excluding hydrogens is 250 g/mol. The number of primary amides is 1. The molecule has 5 heteroatoms. The summed E-state index contributed by atoms with van der Waals surface area (Å²) in [6.07, 6.45) is 7.59. The van der Waals surface area contributed by atoms with E-state index in [-0.39, 0.29) is 6.10 Å². The van der Waals surface area contributed by atoms with Gasteiger partial charge in [-0.25, -0.2) is 4.79 Å². The normalized spacial score (nSPS) is 15.7. The van der Waals surface area contributed by atoms with Gasteiger partial charge in [0.05, 0.1) is 5.56 Å². The predicted molar refractivity (Wildman–Crippen MR) is 68.2 cm³/mol. The minimum atomic E-state index is -0.548. The molecule has 0 saturated heterocycles. The van der Waals surface area contributed by atoms with Crippen LogP contribution in [0, 0.1) is 18.3 Å². The number of rotatable bonds is 5. The van der Waals surface area contributed by atoms with Crippen LogP contribution in [0.3, 0.4) is 0 Å². The van der Waals surface area contributed by atoms with E-state index in [0.29, 0.717) is 22.8 Å². The fourth-order valence-electron chi connectivity index (χ4n) is 1.66. The molecule has 2 rings (SSSR count). The van der Waals surface area contributed by atoms with E-state index in [0.717, 1.165) is 24.2 Å². The second kappa shape index (κ2) is 5.23. The predicted octanol–water partition coefficient (Wildman–Crippen LogP) is 1.81. The molecule has 4 nitrogen and oxygen atoms in total. The molecule has 1 aliphatic carbocycles. The summed E-state index contributed by atoms with van der Waals surface area (Å²) in [4.78, 5) is 23.2. The zero-order chi connectivity index (χ0) is 13.1. The number of esters is 1. The molecule has 0 bridgehead atoms. The molecular formula is C13H13NO3S. The van der Waals surface area contributed by atoms with E-state index in [1.54, 1.807) is 5.38 Å². The van der Waals surface area contributed by atoms with E-state index in [4.69, 9.17) is 16.9 Å². The fourth-order valence-corrected chi connectivity index (χ4v) is 2.43. The number of ether oxygens (including phenoxy) is 1. The van der Waals surface area contributed by atoms with Crippen LogP contribution in [-0.4, -0.2) is 18.0 Å². The Kier molecular flexibility index (Phi) is 3.68. The second-order valence-corrected chi connectivity index (χ2v) is 5.16. The molecule has 1 aliphatic rings. The smallest absolute Gasteiger partial charge is 0.348 e. The summed E-state index contributed by atoms with van der Waals surface area (Å²) in [5, 5.41) is 1.55. The molecule has 1 aromatic rings. The topological polar surface area (TPSA) is 69.4 Å². The number of carbonyl (C=O) groups excluding carboxylic acids is 2. The van der Waals surface area contributed by atoms with E-state index >= 15 is 0 Å². The summed E-state index contributed by atoms with van der Waals surface area (Å²) < 4.78 is 5.37. The fraction of sp³-hybridized carbons (Fsp3) is 0.385. The lowest BCUT2D eigenvalue weighted by Crippen LogP contribution is -2.19. The van der Waals surface area contributed by atoms with Crippen LogP contribution < -0.4 is 5.73 Å². The molecule has 1 atom stereocenters. The maximum absolute atomic E-state index is 11.9. The molecule has 94 valence electrons. The van der Waals surface area contributed by atoms with Crippen molar-refractivity contribution in [3.8, 4) is 12.3 Å². The highest BCUT2D eigenvalue weighted by Crippen LogP contribution is 2.36. The molecule has 0 radical (unpaired) electrons. The molecule has 1 heterocycles. The Bertz CT molecular complexity index is 511. The van der Waals surface area contributed by atoms with Crippen molar-refractivity contribution >= 4 is 23.2 Å². The molecule has 2 N–H and O–H groups in total. The summed E-state index contributed by atoms with van der Waals surface area (Å²) in [6, 6.07) is 1.45. The van der Waals surface area contributed by atoms with Gasteiger partial charge in [-0.05, 0) is 24.8 Å². The van der Waals surface area contributed by atoms with Gasteiger partial charge in [-0.15, -0.1) is 23.7 Å². The number of terminal acetylenes is 1. The highest BCUT2D eigenvalue weighted by molar-refractivity contribution is 7.12. The number of carbonyl (C=O) groups is 2. The van der Waals surface area contributed by atoms with Gasteiger partial charge >= 0.3 is 5.97 Å². The minimum absolute atomic E-state index is 0.207. The number of hydrogen-bond donors (Lipinski definition) is 1. The molecule has 1 amide bonds. The lowest BCUT2D eigenvalue weighted by Gasteiger charge is -2.13. The number of amides is 1. The van der Waals surface area contributed by atoms with E-state index in [1.165, 1.54) is 6.07 Å². The molecule has 0 aromatic carbocycles. The number of hydrogen-bond acceptors (Lipinski definition) is 4. The Labute approximate surface area is 109 Å². The first-order valence-corrected chi connectivity index (χ1v) is 6.52. The molecule has 0 spiro atoms. The van der Waals surface area contributed by atoms with Crippen molar-refractivity contribution < 1.29 is 14.3 Å². The van der Waals surface area contributed by atoms with E-state index in [2.05, 4.69) is 5.92 Å². The van der Waals surface area contributed by atoms with Crippen LogP contribution in [0.5, 0.6) is 0 Å². The SMILES string of the molecule is C#CCC(OC(=O)c1cc(C(N)=O)cs1)C1CC1. The van der Waals surface area contributed by atoms with E-state index in [1.807, 2.05) is 0 Å². The lowest BCUT2D eigenvalue weighted by molar-refractivity contribution is 0.0267. The van der Waals surface area contributed by atoms with Crippen LogP contribution in [0.15, 0.2) is 11.4 Å². The van der Waals surface area contributed by atoms with Gasteiger partial charge in [-0.2, -0.15) is 0 Å². The third-order valence-corrected chi connectivity index (χ3v) is 3.72. The summed E-state index contributed by atoms with van der Waals surface area (Å²) in [5.74, 6) is 1.93. The lowest BCUT2D eigenvalue weighted by atomic mass is 10.2. The van der Waals surface area contributed by atoms with Crippen LogP contribution in [0.1, 0.15) is 39.3 Å². The summed E-state index contributed by atoms with van der Waals surface area (Å²) in [6.45, 7) is 0. The summed E-state index contributed by atoms with van der Waals surface area (Å²) >= 11 is 1.15. The van der Waals surface area contributed by atoms with Crippen molar-refractivity contribution in [3.05, 3.63) is 21.9 Å². The monoisotopic (exact) mass is 263 g/mol. The second-order valence-electron chi connectivity index (χ2n) is 4.25. The minimum Gasteiger partial charge on any atom is -0.457 e. The third kappa shape index (κ3) is 2.90. The highest BCUT2D eigenvalue weighted by atomic mass is 32.1. The first-order chi connectivity index (χ1) is 8.61. The standard InChI is InChI=1S/C13H13NO3S/c1-2-3-10(8-4-5-8)17-13(16)11-6-9(7-18-11)12(14)15/h1,6-8,10H,3-5H2,(H2,14,15). The van der Waals surface area contributed by atoms with Gasteiger partial charge in [0.25, 0.3) is 0 Å². The van der Waals surface area contributed by atoms with Gasteiger partial charge in [0, 0.05) is 11.8 Å². The van der Waals surface area contributed by atoms with Crippen LogP contribution in [0.25, 0.3) is 0 Å². The number of nitrogens with two attached hydrogens (primary N) is 1. The molecule has 18 heavy (non-hydrogen) atoms. The summed E-state index contributed by atoms with van der Waals surface area (Å²) in [5.41, 5.74) is 5.45. The average molecular weight is 263 g/mol. The van der Waals surface area contributed by atoms with Crippen molar-refractivity contribution in [1.29, 1.82) is 0 Å². The van der Waals surface area contributed by atoms with Crippen molar-refractivity contribution in [2.24, 2.45) is 11.7 Å². The van der Waals surface area contributed by atoms with E-state index < -0.39 is 11.9 Å². The van der Waals surface area contributed by atoms with Crippen molar-refractivity contribution in [1.82, 2.24) is 0 Å². The maximum atomic E-state index is 11.9. The summed E-state index contributed by atoms with van der Waals surface area (Å²) in [7, 11) is 0. The zero-order valence-electron chi connectivity index (χ0n) is 9.72. The average Bonchev–Trinajstić information content (AvgIpc) is 3.04. The Morgan fingerprint density at radius 3 is 2.83 bits per heavy atom. The largest absolute Gasteiger partial charge is 0.457 e. The van der Waals surface area contributed by atoms with Gasteiger partial charge in [0.1, 0.15) is 11.0 Å². The first-order valence-electron chi connectivity index (χ1n) is 5.64. The Morgan fingerprint density at radius 1 is 1.61 bits per heavy atom. The Hall–Kier alpha value is -1.80.